The lowest BCUT2D eigenvalue weighted by Gasteiger charge is -2.09. The van der Waals surface area contributed by atoms with Crippen LogP contribution in [-0.2, 0) is 0 Å². The molecule has 1 nitrogen and oxygen atoms in total. The van der Waals surface area contributed by atoms with Gasteiger partial charge >= 0.3 is 0 Å². The van der Waals surface area contributed by atoms with E-state index in [0.717, 1.165) is 6.07 Å². The molecule has 0 aliphatic rings. The molecule has 0 saturated carbocycles. The Kier molecular flexibility index (Phi) is 4.02. The molecule has 0 radical (unpaired) electrons. The maximum atomic E-state index is 13.9. The van der Waals surface area contributed by atoms with Gasteiger partial charge in [-0.2, -0.15) is 0 Å². The second-order valence-corrected chi connectivity index (χ2v) is 5.24. The highest BCUT2D eigenvalue weighted by molar-refractivity contribution is 9.10. The van der Waals surface area contributed by atoms with Gasteiger partial charge in [-0.05, 0) is 46.6 Å². The maximum Gasteiger partial charge on any atom is 0.201 e. The third-order valence-electron chi connectivity index (χ3n) is 2.70. The van der Waals surface area contributed by atoms with Crippen LogP contribution in [0.4, 0.5) is 8.78 Å². The summed E-state index contributed by atoms with van der Waals surface area (Å²) in [6.45, 7) is 1.47. The first kappa shape index (κ1) is 14.2. The van der Waals surface area contributed by atoms with Gasteiger partial charge in [0.25, 0.3) is 0 Å². The summed E-state index contributed by atoms with van der Waals surface area (Å²) < 4.78 is 28.0. The smallest absolute Gasteiger partial charge is 0.201 e. The van der Waals surface area contributed by atoms with Crippen LogP contribution in [0, 0.1) is 18.6 Å². The average Bonchev–Trinajstić information content (AvgIpc) is 2.34. The summed E-state index contributed by atoms with van der Waals surface area (Å²) in [6.07, 6.45) is 0. The Balaban J connectivity index is 2.67. The normalized spacial score (nSPS) is 10.6. The van der Waals surface area contributed by atoms with E-state index in [1.807, 2.05) is 0 Å². The molecule has 98 valence electrons. The summed E-state index contributed by atoms with van der Waals surface area (Å²) in [6, 6.07) is 7.06. The fraction of sp³-hybridized carbons (Fsp3) is 0.0714. The van der Waals surface area contributed by atoms with E-state index < -0.39 is 23.0 Å². The number of halogens is 4. The Labute approximate surface area is 122 Å². The van der Waals surface area contributed by atoms with Crippen LogP contribution in [0.3, 0.4) is 0 Å². The summed E-state index contributed by atoms with van der Waals surface area (Å²) in [5.74, 6) is -2.55. The molecular weight excluding hydrogens is 338 g/mol. The van der Waals surface area contributed by atoms with Crippen molar-refractivity contribution in [2.24, 2.45) is 0 Å². The van der Waals surface area contributed by atoms with Crippen molar-refractivity contribution in [1.29, 1.82) is 0 Å². The third-order valence-corrected chi connectivity index (χ3v) is 3.68. The minimum atomic E-state index is -0.903. The maximum absolute atomic E-state index is 13.9. The molecule has 0 aromatic heterocycles. The molecule has 2 rings (SSSR count). The molecule has 0 N–H and O–H groups in total. The molecule has 0 atom stereocenters. The fourth-order valence-corrected chi connectivity index (χ4v) is 2.63. The standard InChI is InChI=1S/C14H8BrClF2O/c1-7-5-6-10(17)12(13(7)18)14(19)11-8(15)3-2-4-9(11)16/h2-6H,1H3. The second kappa shape index (κ2) is 5.39. The van der Waals surface area contributed by atoms with Gasteiger partial charge in [0.2, 0.25) is 5.78 Å². The zero-order valence-corrected chi connectivity index (χ0v) is 12.1. The molecule has 0 unspecified atom stereocenters. The molecule has 5 heteroatoms. The number of carbonyl (C=O) groups excluding carboxylic acids is 1. The molecule has 0 heterocycles. The summed E-state index contributed by atoms with van der Waals surface area (Å²) >= 11 is 9.09. The second-order valence-electron chi connectivity index (χ2n) is 3.98. The van der Waals surface area contributed by atoms with Gasteiger partial charge in [0.15, 0.2) is 0 Å². The minimum absolute atomic E-state index is 0.0487. The van der Waals surface area contributed by atoms with E-state index >= 15 is 0 Å². The van der Waals surface area contributed by atoms with Crippen LogP contribution in [0.15, 0.2) is 34.8 Å². The van der Waals surface area contributed by atoms with E-state index in [-0.39, 0.29) is 16.1 Å². The van der Waals surface area contributed by atoms with Gasteiger partial charge in [0.05, 0.1) is 16.1 Å². The zero-order chi connectivity index (χ0) is 14.2. The summed E-state index contributed by atoms with van der Waals surface area (Å²) in [5.41, 5.74) is -0.339. The Hall–Kier alpha value is -1.26. The largest absolute Gasteiger partial charge is 0.288 e. The number of hydrogen-bond donors (Lipinski definition) is 0. The van der Waals surface area contributed by atoms with Crippen molar-refractivity contribution in [2.75, 3.05) is 0 Å². The number of rotatable bonds is 2. The van der Waals surface area contributed by atoms with Crippen molar-refractivity contribution in [3.8, 4) is 0 Å². The lowest BCUT2D eigenvalue weighted by Crippen LogP contribution is -2.10. The Bertz CT molecular complexity index is 650. The summed E-state index contributed by atoms with van der Waals surface area (Å²) in [7, 11) is 0. The molecule has 0 spiro atoms. The molecule has 0 fully saturated rings. The molecule has 19 heavy (non-hydrogen) atoms. The fourth-order valence-electron chi connectivity index (χ4n) is 1.70. The van der Waals surface area contributed by atoms with Crippen LogP contribution in [0.25, 0.3) is 0 Å². The SMILES string of the molecule is Cc1ccc(F)c(C(=O)c2c(Cl)cccc2Br)c1F. The number of hydrogen-bond acceptors (Lipinski definition) is 1. The van der Waals surface area contributed by atoms with Gasteiger partial charge in [0, 0.05) is 4.47 Å². The first-order valence-electron chi connectivity index (χ1n) is 5.36. The van der Waals surface area contributed by atoms with Crippen LogP contribution in [-0.4, -0.2) is 5.78 Å². The van der Waals surface area contributed by atoms with Crippen LogP contribution >= 0.6 is 27.5 Å². The predicted molar refractivity (Wildman–Crippen MR) is 73.7 cm³/mol. The van der Waals surface area contributed by atoms with Gasteiger partial charge in [-0.15, -0.1) is 0 Å². The summed E-state index contributed by atoms with van der Waals surface area (Å²) in [4.78, 5) is 12.3. The van der Waals surface area contributed by atoms with Crippen molar-refractivity contribution < 1.29 is 13.6 Å². The zero-order valence-electron chi connectivity index (χ0n) is 9.81. The average molecular weight is 346 g/mol. The van der Waals surface area contributed by atoms with E-state index in [1.54, 1.807) is 12.1 Å². The monoisotopic (exact) mass is 344 g/mol. The van der Waals surface area contributed by atoms with E-state index in [1.165, 1.54) is 19.1 Å². The number of aryl methyl sites for hydroxylation is 1. The molecule has 2 aromatic carbocycles. The highest BCUT2D eigenvalue weighted by atomic mass is 79.9. The van der Waals surface area contributed by atoms with Crippen LogP contribution < -0.4 is 0 Å². The van der Waals surface area contributed by atoms with Gasteiger partial charge in [0.1, 0.15) is 11.6 Å². The quantitative estimate of drug-likeness (QED) is 0.706. The van der Waals surface area contributed by atoms with Crippen LogP contribution in [0.2, 0.25) is 5.02 Å². The van der Waals surface area contributed by atoms with Crippen LogP contribution in [0.1, 0.15) is 21.5 Å². The highest BCUT2D eigenvalue weighted by Crippen LogP contribution is 2.29. The molecule has 0 bridgehead atoms. The Morgan fingerprint density at radius 1 is 1.16 bits per heavy atom. The Morgan fingerprint density at radius 2 is 1.84 bits per heavy atom. The first-order chi connectivity index (χ1) is 8.93. The lowest BCUT2D eigenvalue weighted by atomic mass is 10.00. The third kappa shape index (κ3) is 2.55. The van der Waals surface area contributed by atoms with E-state index in [0.29, 0.717) is 4.47 Å². The van der Waals surface area contributed by atoms with Gasteiger partial charge in [-0.1, -0.05) is 23.7 Å². The first-order valence-corrected chi connectivity index (χ1v) is 6.54. The number of ketones is 1. The highest BCUT2D eigenvalue weighted by Gasteiger charge is 2.24. The lowest BCUT2D eigenvalue weighted by molar-refractivity contribution is 0.103. The van der Waals surface area contributed by atoms with Crippen molar-refractivity contribution in [2.45, 2.75) is 6.92 Å². The van der Waals surface area contributed by atoms with Crippen LogP contribution in [0.5, 0.6) is 0 Å². The van der Waals surface area contributed by atoms with Gasteiger partial charge in [-0.3, -0.25) is 4.79 Å². The van der Waals surface area contributed by atoms with Crippen molar-refractivity contribution >= 4 is 33.3 Å². The molecule has 0 amide bonds. The predicted octanol–water partition coefficient (Wildman–Crippen LogP) is 4.92. The van der Waals surface area contributed by atoms with Crippen molar-refractivity contribution in [1.82, 2.24) is 0 Å². The van der Waals surface area contributed by atoms with E-state index in [4.69, 9.17) is 11.6 Å². The summed E-state index contributed by atoms with van der Waals surface area (Å²) in [5, 5.41) is 0.139. The molecule has 0 aliphatic carbocycles. The van der Waals surface area contributed by atoms with E-state index in [9.17, 15) is 13.6 Å². The minimum Gasteiger partial charge on any atom is -0.288 e. The molecule has 2 aromatic rings. The Morgan fingerprint density at radius 3 is 2.47 bits per heavy atom. The molecule has 0 saturated heterocycles. The van der Waals surface area contributed by atoms with Gasteiger partial charge in [-0.25, -0.2) is 8.78 Å². The van der Waals surface area contributed by atoms with Crippen molar-refractivity contribution in [3.63, 3.8) is 0 Å². The number of carbonyl (C=O) groups is 1. The number of benzene rings is 2. The van der Waals surface area contributed by atoms with E-state index in [2.05, 4.69) is 15.9 Å². The topological polar surface area (TPSA) is 17.1 Å². The molecule has 0 aliphatic heterocycles. The molecular formula is C14H8BrClF2O. The van der Waals surface area contributed by atoms with Gasteiger partial charge < -0.3 is 0 Å². The van der Waals surface area contributed by atoms with Crippen molar-refractivity contribution in [3.05, 3.63) is 68.2 Å².